The Morgan fingerprint density at radius 2 is 1.75 bits per heavy atom. The summed E-state index contributed by atoms with van der Waals surface area (Å²) >= 11 is 0. The van der Waals surface area contributed by atoms with Gasteiger partial charge in [0.05, 0.1) is 28.6 Å². The maximum atomic E-state index is 14.0. The van der Waals surface area contributed by atoms with E-state index in [-0.39, 0.29) is 16.8 Å². The van der Waals surface area contributed by atoms with Gasteiger partial charge in [-0.1, -0.05) is 23.4 Å². The molecule has 1 aromatic carbocycles. The van der Waals surface area contributed by atoms with Crippen LogP contribution in [0.2, 0.25) is 0 Å². The number of hydrogen-bond donors (Lipinski definition) is 0. The molecule has 0 spiro atoms. The lowest BCUT2D eigenvalue weighted by Gasteiger charge is -2.31. The predicted octanol–water partition coefficient (Wildman–Crippen LogP) is 3.26. The molecule has 1 saturated carbocycles. The molecule has 3 heterocycles. The summed E-state index contributed by atoms with van der Waals surface area (Å²) in [4.78, 5) is 7.00. The van der Waals surface area contributed by atoms with Gasteiger partial charge in [-0.25, -0.2) is 17.5 Å². The van der Waals surface area contributed by atoms with E-state index in [1.165, 1.54) is 10.7 Å². The van der Waals surface area contributed by atoms with E-state index in [4.69, 9.17) is 0 Å². The zero-order chi connectivity index (χ0) is 22.1. The number of pyridine rings is 1. The Morgan fingerprint density at radius 3 is 2.50 bits per heavy atom. The van der Waals surface area contributed by atoms with Gasteiger partial charge in [-0.3, -0.25) is 9.88 Å². The quantitative estimate of drug-likeness (QED) is 0.544. The van der Waals surface area contributed by atoms with Crippen molar-refractivity contribution in [2.75, 3.05) is 13.1 Å². The van der Waals surface area contributed by atoms with Crippen LogP contribution < -0.4 is 0 Å². The maximum Gasteiger partial charge on any atom is 0.158 e. The summed E-state index contributed by atoms with van der Waals surface area (Å²) in [7, 11) is -3.06. The fourth-order valence-corrected chi connectivity index (χ4v) is 5.96. The molecule has 2 fully saturated rings. The Bertz CT molecular complexity index is 1200. The van der Waals surface area contributed by atoms with Crippen LogP contribution in [0, 0.1) is 5.82 Å². The normalized spacial score (nSPS) is 18.2. The summed E-state index contributed by atoms with van der Waals surface area (Å²) in [6.07, 6.45) is 5.25. The molecule has 3 aromatic rings. The highest BCUT2D eigenvalue weighted by Crippen LogP contribution is 2.31. The van der Waals surface area contributed by atoms with Crippen molar-refractivity contribution >= 4 is 9.84 Å². The average molecular weight is 456 g/mol. The molecule has 0 unspecified atom stereocenters. The van der Waals surface area contributed by atoms with Crippen molar-refractivity contribution in [3.05, 3.63) is 71.6 Å². The summed E-state index contributed by atoms with van der Waals surface area (Å²) in [5, 5.41) is 8.12. The molecular weight excluding hydrogens is 429 g/mol. The smallest absolute Gasteiger partial charge is 0.158 e. The molecule has 32 heavy (non-hydrogen) atoms. The first-order chi connectivity index (χ1) is 15.5. The van der Waals surface area contributed by atoms with E-state index in [0.29, 0.717) is 23.8 Å². The van der Waals surface area contributed by atoms with Crippen molar-refractivity contribution in [3.8, 4) is 5.69 Å². The van der Waals surface area contributed by atoms with Crippen LogP contribution in [0.25, 0.3) is 5.69 Å². The van der Waals surface area contributed by atoms with Gasteiger partial charge in [0.25, 0.3) is 0 Å². The molecule has 2 aromatic heterocycles. The third-order valence-corrected chi connectivity index (χ3v) is 8.43. The van der Waals surface area contributed by atoms with E-state index in [2.05, 4.69) is 20.2 Å². The molecule has 7 nitrogen and oxygen atoms in total. The lowest BCUT2D eigenvalue weighted by Crippen LogP contribution is -2.32. The highest BCUT2D eigenvalue weighted by Gasteiger charge is 2.36. The molecule has 0 N–H and O–H groups in total. The monoisotopic (exact) mass is 455 g/mol. The first-order valence-electron chi connectivity index (χ1n) is 11.0. The minimum atomic E-state index is -3.06. The zero-order valence-corrected chi connectivity index (χ0v) is 18.6. The van der Waals surface area contributed by atoms with Gasteiger partial charge in [0.15, 0.2) is 9.84 Å². The number of hydrogen-bond acceptors (Lipinski definition) is 6. The van der Waals surface area contributed by atoms with Gasteiger partial charge in [0.1, 0.15) is 11.5 Å². The molecule has 0 bridgehead atoms. The second kappa shape index (κ2) is 8.71. The molecule has 0 atom stereocenters. The van der Waals surface area contributed by atoms with Crippen molar-refractivity contribution in [2.24, 2.45) is 0 Å². The number of nitrogens with zero attached hydrogens (tertiary/aromatic N) is 5. The number of rotatable bonds is 7. The molecular formula is C23H26FN5O2S. The number of aromatic nitrogens is 4. The summed E-state index contributed by atoms with van der Waals surface area (Å²) in [5.74, 6) is 0.0375. The second-order valence-electron chi connectivity index (χ2n) is 8.72. The average Bonchev–Trinajstić information content (AvgIpc) is 3.56. The van der Waals surface area contributed by atoms with E-state index in [1.54, 1.807) is 24.4 Å². The fourth-order valence-electron chi connectivity index (χ4n) is 4.30. The van der Waals surface area contributed by atoms with E-state index in [9.17, 15) is 12.8 Å². The minimum absolute atomic E-state index is 0.0437. The lowest BCUT2D eigenvalue weighted by atomic mass is 9.93. The van der Waals surface area contributed by atoms with Gasteiger partial charge < -0.3 is 0 Å². The Morgan fingerprint density at radius 1 is 0.969 bits per heavy atom. The first-order valence-corrected chi connectivity index (χ1v) is 12.8. The first kappa shape index (κ1) is 21.2. The fraction of sp³-hybridized carbons (Fsp3) is 0.435. The minimum Gasteiger partial charge on any atom is -0.297 e. The summed E-state index contributed by atoms with van der Waals surface area (Å²) in [6, 6.07) is 12.3. The molecule has 1 aliphatic carbocycles. The zero-order valence-electron chi connectivity index (χ0n) is 17.8. The van der Waals surface area contributed by atoms with Crippen molar-refractivity contribution in [2.45, 2.75) is 49.1 Å². The molecule has 2 aliphatic rings. The maximum absolute atomic E-state index is 14.0. The summed E-state index contributed by atoms with van der Waals surface area (Å²) < 4.78 is 40.0. The van der Waals surface area contributed by atoms with Crippen molar-refractivity contribution in [1.29, 1.82) is 0 Å². The SMILES string of the molecule is O=S(=O)(Cc1cccc(C2CCN(Cc3cn(-c4ccccc4F)nn3)CC2)n1)C1CC1. The number of sulfone groups is 1. The van der Waals surface area contributed by atoms with E-state index >= 15 is 0 Å². The standard InChI is InChI=1S/C23H26FN5O2S/c24-21-5-1-2-7-23(21)29-15-19(26-27-29)14-28-12-10-17(11-13-28)22-6-3-4-18(25-22)16-32(30,31)20-8-9-20/h1-7,15,17,20H,8-14,16H2. The van der Waals surface area contributed by atoms with E-state index in [0.717, 1.165) is 50.2 Å². The van der Waals surface area contributed by atoms with Gasteiger partial charge in [0.2, 0.25) is 0 Å². The Labute approximate surface area is 187 Å². The molecule has 0 amide bonds. The molecule has 5 rings (SSSR count). The Kier molecular flexibility index (Phi) is 5.77. The number of likely N-dealkylation sites (tertiary alicyclic amines) is 1. The Hall–Kier alpha value is -2.65. The topological polar surface area (TPSA) is 81.0 Å². The Balaban J connectivity index is 1.18. The van der Waals surface area contributed by atoms with Crippen LogP contribution in [0.1, 0.15) is 48.7 Å². The van der Waals surface area contributed by atoms with Crippen LogP contribution in [0.3, 0.4) is 0 Å². The van der Waals surface area contributed by atoms with E-state index < -0.39 is 9.84 Å². The molecule has 1 aliphatic heterocycles. The van der Waals surface area contributed by atoms with Crippen LogP contribution >= 0.6 is 0 Å². The molecule has 168 valence electrons. The highest BCUT2D eigenvalue weighted by atomic mass is 32.2. The third kappa shape index (κ3) is 4.73. The van der Waals surface area contributed by atoms with E-state index in [1.807, 2.05) is 18.2 Å². The summed E-state index contributed by atoms with van der Waals surface area (Å²) in [6.45, 7) is 2.45. The van der Waals surface area contributed by atoms with Gasteiger partial charge in [-0.15, -0.1) is 5.10 Å². The van der Waals surface area contributed by atoms with Crippen LogP contribution in [-0.2, 0) is 22.1 Å². The van der Waals surface area contributed by atoms with Gasteiger partial charge in [-0.2, -0.15) is 0 Å². The van der Waals surface area contributed by atoms with Crippen LogP contribution in [0.4, 0.5) is 4.39 Å². The van der Waals surface area contributed by atoms with Crippen LogP contribution in [-0.4, -0.2) is 51.6 Å². The third-order valence-electron chi connectivity index (χ3n) is 6.24. The molecule has 0 radical (unpaired) electrons. The predicted molar refractivity (Wildman–Crippen MR) is 118 cm³/mol. The number of para-hydroxylation sites is 1. The number of halogens is 1. The number of benzene rings is 1. The van der Waals surface area contributed by atoms with Gasteiger partial charge in [-0.05, 0) is 63.0 Å². The van der Waals surface area contributed by atoms with Crippen molar-refractivity contribution in [3.63, 3.8) is 0 Å². The van der Waals surface area contributed by atoms with Gasteiger partial charge in [0, 0.05) is 18.2 Å². The van der Waals surface area contributed by atoms with Crippen molar-refractivity contribution < 1.29 is 12.8 Å². The number of piperidine rings is 1. The van der Waals surface area contributed by atoms with Crippen LogP contribution in [0.5, 0.6) is 0 Å². The highest BCUT2D eigenvalue weighted by molar-refractivity contribution is 7.91. The van der Waals surface area contributed by atoms with Gasteiger partial charge >= 0.3 is 0 Å². The largest absolute Gasteiger partial charge is 0.297 e. The lowest BCUT2D eigenvalue weighted by molar-refractivity contribution is 0.201. The molecule has 1 saturated heterocycles. The summed E-state index contributed by atoms with van der Waals surface area (Å²) in [5.41, 5.74) is 2.83. The second-order valence-corrected chi connectivity index (χ2v) is 11.0. The van der Waals surface area contributed by atoms with Crippen molar-refractivity contribution in [1.82, 2.24) is 24.9 Å². The molecule has 9 heteroatoms. The van der Waals surface area contributed by atoms with Crippen LogP contribution in [0.15, 0.2) is 48.7 Å².